The molecule has 2 unspecified atom stereocenters. The standard InChI is InChI=1S/C17H19F2NO/c1-11(13-8-9-15(18)16(19)10-13)20-12(2)14-6-4-5-7-17(14)21-3/h4-12,20H,1-3H3. The van der Waals surface area contributed by atoms with Crippen molar-refractivity contribution < 1.29 is 13.5 Å². The largest absolute Gasteiger partial charge is 0.496 e. The second kappa shape index (κ2) is 6.68. The van der Waals surface area contributed by atoms with E-state index in [4.69, 9.17) is 4.74 Å². The molecule has 2 nitrogen and oxygen atoms in total. The Kier molecular flexibility index (Phi) is 4.91. The minimum Gasteiger partial charge on any atom is -0.496 e. The number of benzene rings is 2. The average molecular weight is 291 g/mol. The second-order valence-electron chi connectivity index (χ2n) is 5.03. The summed E-state index contributed by atoms with van der Waals surface area (Å²) in [5, 5.41) is 3.36. The van der Waals surface area contributed by atoms with Crippen LogP contribution in [0.15, 0.2) is 42.5 Å². The number of ether oxygens (including phenoxy) is 1. The molecule has 2 aromatic rings. The fourth-order valence-electron chi connectivity index (χ4n) is 2.37. The molecule has 0 bridgehead atoms. The van der Waals surface area contributed by atoms with Gasteiger partial charge >= 0.3 is 0 Å². The zero-order valence-electron chi connectivity index (χ0n) is 12.4. The highest BCUT2D eigenvalue weighted by molar-refractivity contribution is 5.35. The molecular formula is C17H19F2NO. The smallest absolute Gasteiger partial charge is 0.159 e. The van der Waals surface area contributed by atoms with Gasteiger partial charge in [0, 0.05) is 17.6 Å². The summed E-state index contributed by atoms with van der Waals surface area (Å²) in [7, 11) is 1.63. The molecule has 0 heterocycles. The van der Waals surface area contributed by atoms with Crippen molar-refractivity contribution in [3.05, 3.63) is 65.2 Å². The van der Waals surface area contributed by atoms with Crippen LogP contribution in [0.3, 0.4) is 0 Å². The van der Waals surface area contributed by atoms with E-state index in [9.17, 15) is 8.78 Å². The molecule has 0 spiro atoms. The molecule has 0 fully saturated rings. The lowest BCUT2D eigenvalue weighted by molar-refractivity contribution is 0.396. The number of halogens is 2. The van der Waals surface area contributed by atoms with Gasteiger partial charge in [0.2, 0.25) is 0 Å². The van der Waals surface area contributed by atoms with Crippen molar-refractivity contribution >= 4 is 0 Å². The van der Waals surface area contributed by atoms with Crippen LogP contribution in [0.4, 0.5) is 8.78 Å². The van der Waals surface area contributed by atoms with E-state index in [1.807, 2.05) is 38.1 Å². The van der Waals surface area contributed by atoms with Crippen molar-refractivity contribution in [2.24, 2.45) is 0 Å². The van der Waals surface area contributed by atoms with Crippen LogP contribution in [-0.4, -0.2) is 7.11 Å². The Labute approximate surface area is 123 Å². The molecule has 0 aliphatic rings. The maximum atomic E-state index is 13.3. The highest BCUT2D eigenvalue weighted by Gasteiger charge is 2.15. The van der Waals surface area contributed by atoms with Gasteiger partial charge in [0.25, 0.3) is 0 Å². The summed E-state index contributed by atoms with van der Waals surface area (Å²) in [4.78, 5) is 0. The fourth-order valence-corrected chi connectivity index (χ4v) is 2.37. The summed E-state index contributed by atoms with van der Waals surface area (Å²) in [6, 6.07) is 11.6. The summed E-state index contributed by atoms with van der Waals surface area (Å²) in [6.07, 6.45) is 0. The van der Waals surface area contributed by atoms with E-state index in [2.05, 4.69) is 5.32 Å². The molecule has 2 aromatic carbocycles. The Morgan fingerprint density at radius 3 is 2.33 bits per heavy atom. The maximum Gasteiger partial charge on any atom is 0.159 e. The summed E-state index contributed by atoms with van der Waals surface area (Å²) < 4.78 is 31.6. The molecule has 0 saturated heterocycles. The molecule has 0 aromatic heterocycles. The molecule has 2 rings (SSSR count). The van der Waals surface area contributed by atoms with Crippen LogP contribution in [0.2, 0.25) is 0 Å². The predicted molar refractivity (Wildman–Crippen MR) is 79.3 cm³/mol. The van der Waals surface area contributed by atoms with E-state index in [1.54, 1.807) is 13.2 Å². The van der Waals surface area contributed by atoms with Gasteiger partial charge < -0.3 is 10.1 Å². The lowest BCUT2D eigenvalue weighted by atomic mass is 10.0. The van der Waals surface area contributed by atoms with Crippen LogP contribution in [-0.2, 0) is 0 Å². The molecule has 0 aliphatic carbocycles. The van der Waals surface area contributed by atoms with Gasteiger partial charge in [-0.05, 0) is 37.6 Å². The molecule has 0 amide bonds. The van der Waals surface area contributed by atoms with E-state index in [0.717, 1.165) is 17.4 Å². The van der Waals surface area contributed by atoms with Crippen molar-refractivity contribution in [1.29, 1.82) is 0 Å². The van der Waals surface area contributed by atoms with E-state index >= 15 is 0 Å². The van der Waals surface area contributed by atoms with Crippen LogP contribution in [0.1, 0.15) is 37.1 Å². The highest BCUT2D eigenvalue weighted by Crippen LogP contribution is 2.27. The fraction of sp³-hybridized carbons (Fsp3) is 0.294. The summed E-state index contributed by atoms with van der Waals surface area (Å²) in [5.74, 6) is -0.857. The Hall–Kier alpha value is -1.94. The number of hydrogen-bond donors (Lipinski definition) is 1. The number of methoxy groups -OCH3 is 1. The third kappa shape index (κ3) is 3.58. The summed E-state index contributed by atoms with van der Waals surface area (Å²) in [6.45, 7) is 3.92. The molecule has 0 aliphatic heterocycles. The van der Waals surface area contributed by atoms with Gasteiger partial charge in [0.1, 0.15) is 5.75 Å². The quantitative estimate of drug-likeness (QED) is 0.882. The zero-order valence-corrected chi connectivity index (χ0v) is 12.4. The molecule has 112 valence electrons. The van der Waals surface area contributed by atoms with Crippen molar-refractivity contribution in [2.45, 2.75) is 25.9 Å². The van der Waals surface area contributed by atoms with Gasteiger partial charge in [0.05, 0.1) is 7.11 Å². The predicted octanol–water partition coefficient (Wildman–Crippen LogP) is 4.39. The van der Waals surface area contributed by atoms with Gasteiger partial charge in [-0.1, -0.05) is 24.3 Å². The molecule has 21 heavy (non-hydrogen) atoms. The Bertz CT molecular complexity index is 615. The number of hydrogen-bond acceptors (Lipinski definition) is 2. The topological polar surface area (TPSA) is 21.3 Å². The average Bonchev–Trinajstić information content (AvgIpc) is 2.49. The molecular weight excluding hydrogens is 272 g/mol. The van der Waals surface area contributed by atoms with Crippen molar-refractivity contribution in [1.82, 2.24) is 5.32 Å². The van der Waals surface area contributed by atoms with Gasteiger partial charge in [-0.3, -0.25) is 0 Å². The summed E-state index contributed by atoms with van der Waals surface area (Å²) in [5.41, 5.74) is 1.73. The zero-order chi connectivity index (χ0) is 15.4. The molecule has 1 N–H and O–H groups in total. The molecule has 0 radical (unpaired) electrons. The maximum absolute atomic E-state index is 13.3. The van der Waals surface area contributed by atoms with Crippen molar-refractivity contribution in [2.75, 3.05) is 7.11 Å². The first-order valence-electron chi connectivity index (χ1n) is 6.87. The molecule has 2 atom stereocenters. The number of para-hydroxylation sites is 1. The van der Waals surface area contributed by atoms with Crippen molar-refractivity contribution in [3.63, 3.8) is 0 Å². The Morgan fingerprint density at radius 1 is 0.952 bits per heavy atom. The molecule has 0 saturated carbocycles. The third-order valence-corrected chi connectivity index (χ3v) is 3.55. The van der Waals surface area contributed by atoms with Crippen LogP contribution < -0.4 is 10.1 Å². The Balaban J connectivity index is 2.14. The van der Waals surface area contributed by atoms with E-state index < -0.39 is 11.6 Å². The van der Waals surface area contributed by atoms with Gasteiger partial charge in [-0.15, -0.1) is 0 Å². The second-order valence-corrected chi connectivity index (χ2v) is 5.03. The van der Waals surface area contributed by atoms with Crippen LogP contribution in [0.5, 0.6) is 5.75 Å². The highest BCUT2D eigenvalue weighted by atomic mass is 19.2. The van der Waals surface area contributed by atoms with E-state index in [-0.39, 0.29) is 12.1 Å². The molecule has 4 heteroatoms. The van der Waals surface area contributed by atoms with Gasteiger partial charge in [0.15, 0.2) is 11.6 Å². The number of nitrogens with one attached hydrogen (secondary N) is 1. The normalized spacial score (nSPS) is 13.8. The Morgan fingerprint density at radius 2 is 1.67 bits per heavy atom. The van der Waals surface area contributed by atoms with Crippen LogP contribution >= 0.6 is 0 Å². The monoisotopic (exact) mass is 291 g/mol. The number of rotatable bonds is 5. The first-order chi connectivity index (χ1) is 10.0. The van der Waals surface area contributed by atoms with Crippen LogP contribution in [0, 0.1) is 11.6 Å². The SMILES string of the molecule is COc1ccccc1C(C)NC(C)c1ccc(F)c(F)c1. The third-order valence-electron chi connectivity index (χ3n) is 3.55. The van der Waals surface area contributed by atoms with E-state index in [1.165, 1.54) is 6.07 Å². The van der Waals surface area contributed by atoms with Crippen LogP contribution in [0.25, 0.3) is 0 Å². The summed E-state index contributed by atoms with van der Waals surface area (Å²) >= 11 is 0. The lowest BCUT2D eigenvalue weighted by Gasteiger charge is -2.22. The van der Waals surface area contributed by atoms with Crippen molar-refractivity contribution in [3.8, 4) is 5.75 Å². The minimum atomic E-state index is -0.830. The van der Waals surface area contributed by atoms with Gasteiger partial charge in [-0.2, -0.15) is 0 Å². The first-order valence-corrected chi connectivity index (χ1v) is 6.87. The first kappa shape index (κ1) is 15.4. The minimum absolute atomic E-state index is 0.0178. The van der Waals surface area contributed by atoms with Gasteiger partial charge in [-0.25, -0.2) is 8.78 Å². The van der Waals surface area contributed by atoms with E-state index in [0.29, 0.717) is 5.56 Å². The lowest BCUT2D eigenvalue weighted by Crippen LogP contribution is -2.23.